The number of aromatic nitrogens is 2. The zero-order valence-corrected chi connectivity index (χ0v) is 10.6. The third kappa shape index (κ3) is 1.98. The summed E-state index contributed by atoms with van der Waals surface area (Å²) in [4.78, 5) is 5.56. The van der Waals surface area contributed by atoms with Crippen LogP contribution in [0.2, 0.25) is 0 Å². The number of thiazole rings is 1. The van der Waals surface area contributed by atoms with Crippen molar-refractivity contribution in [2.75, 3.05) is 6.61 Å². The maximum atomic E-state index is 8.98. The molecular weight excluding hydrogens is 222 g/mol. The van der Waals surface area contributed by atoms with Crippen molar-refractivity contribution in [1.82, 2.24) is 14.7 Å². The van der Waals surface area contributed by atoms with Crippen molar-refractivity contribution < 1.29 is 5.11 Å². The molecule has 0 aliphatic heterocycles. The maximum Gasteiger partial charge on any atom is 0.194 e. The molecule has 1 atom stereocenters. The van der Waals surface area contributed by atoms with Gasteiger partial charge in [-0.25, -0.2) is 4.98 Å². The number of nitrogens with zero attached hydrogens (tertiary/aromatic N) is 2. The molecule has 2 heterocycles. The summed E-state index contributed by atoms with van der Waals surface area (Å²) in [6.07, 6.45) is 0. The number of imidazole rings is 1. The van der Waals surface area contributed by atoms with Crippen molar-refractivity contribution in [3.63, 3.8) is 0 Å². The second kappa shape index (κ2) is 4.53. The second-order valence-electron chi connectivity index (χ2n) is 4.10. The summed E-state index contributed by atoms with van der Waals surface area (Å²) in [5, 5.41) is 14.4. The Kier molecular flexibility index (Phi) is 3.28. The molecule has 2 N–H and O–H groups in total. The minimum absolute atomic E-state index is 0.115. The molecule has 0 saturated carbocycles. The molecular formula is C11H17N3OS. The SMILES string of the molecule is Cc1nc2scc(C)n2c1CNC(C)CO. The first-order chi connectivity index (χ1) is 7.63. The van der Waals surface area contributed by atoms with E-state index >= 15 is 0 Å². The highest BCUT2D eigenvalue weighted by atomic mass is 32.1. The van der Waals surface area contributed by atoms with E-state index in [4.69, 9.17) is 5.11 Å². The highest BCUT2D eigenvalue weighted by Gasteiger charge is 2.12. The molecule has 0 aromatic carbocycles. The smallest absolute Gasteiger partial charge is 0.194 e. The number of aryl methyl sites for hydroxylation is 2. The van der Waals surface area contributed by atoms with Crippen LogP contribution in [-0.4, -0.2) is 27.1 Å². The normalized spacial score (nSPS) is 13.5. The van der Waals surface area contributed by atoms with Crippen molar-refractivity contribution in [3.8, 4) is 0 Å². The first kappa shape index (κ1) is 11.6. The van der Waals surface area contributed by atoms with E-state index in [-0.39, 0.29) is 12.6 Å². The Morgan fingerprint density at radius 3 is 3.00 bits per heavy atom. The number of rotatable bonds is 4. The highest BCUT2D eigenvalue weighted by Crippen LogP contribution is 2.20. The van der Waals surface area contributed by atoms with Gasteiger partial charge in [-0.3, -0.25) is 4.40 Å². The van der Waals surface area contributed by atoms with Gasteiger partial charge in [0.25, 0.3) is 0 Å². The Bertz CT molecular complexity index is 489. The number of aliphatic hydroxyl groups is 1. The van der Waals surface area contributed by atoms with E-state index in [1.807, 2.05) is 13.8 Å². The summed E-state index contributed by atoms with van der Waals surface area (Å²) < 4.78 is 2.18. The summed E-state index contributed by atoms with van der Waals surface area (Å²) in [5.41, 5.74) is 3.47. The molecule has 88 valence electrons. The largest absolute Gasteiger partial charge is 0.395 e. The first-order valence-corrected chi connectivity index (χ1v) is 6.27. The van der Waals surface area contributed by atoms with Gasteiger partial charge in [0.05, 0.1) is 18.0 Å². The van der Waals surface area contributed by atoms with Gasteiger partial charge in [-0.1, -0.05) is 0 Å². The minimum Gasteiger partial charge on any atom is -0.395 e. The fourth-order valence-electron chi connectivity index (χ4n) is 1.71. The van der Waals surface area contributed by atoms with Crippen molar-refractivity contribution in [3.05, 3.63) is 22.5 Å². The third-order valence-corrected chi connectivity index (χ3v) is 3.67. The molecule has 0 amide bonds. The molecule has 0 saturated heterocycles. The van der Waals surface area contributed by atoms with Gasteiger partial charge >= 0.3 is 0 Å². The lowest BCUT2D eigenvalue weighted by Gasteiger charge is -2.10. The van der Waals surface area contributed by atoms with Crippen LogP contribution >= 0.6 is 11.3 Å². The van der Waals surface area contributed by atoms with Gasteiger partial charge in [0.1, 0.15) is 0 Å². The van der Waals surface area contributed by atoms with Crippen LogP contribution in [-0.2, 0) is 6.54 Å². The molecule has 1 unspecified atom stereocenters. The van der Waals surface area contributed by atoms with Gasteiger partial charge in [0.15, 0.2) is 4.96 Å². The Balaban J connectivity index is 2.28. The van der Waals surface area contributed by atoms with Gasteiger partial charge in [-0.2, -0.15) is 0 Å². The molecule has 0 radical (unpaired) electrons. The molecule has 0 fully saturated rings. The fourth-order valence-corrected chi connectivity index (χ4v) is 2.64. The average Bonchev–Trinajstić information content (AvgIpc) is 2.76. The van der Waals surface area contributed by atoms with Crippen molar-refractivity contribution >= 4 is 16.3 Å². The van der Waals surface area contributed by atoms with E-state index in [2.05, 4.69) is 27.0 Å². The van der Waals surface area contributed by atoms with Gasteiger partial charge in [0, 0.05) is 23.7 Å². The van der Waals surface area contributed by atoms with Crippen LogP contribution in [0.25, 0.3) is 4.96 Å². The zero-order valence-electron chi connectivity index (χ0n) is 9.82. The zero-order chi connectivity index (χ0) is 11.7. The Morgan fingerprint density at radius 1 is 1.56 bits per heavy atom. The summed E-state index contributed by atoms with van der Waals surface area (Å²) in [6, 6.07) is 0.115. The van der Waals surface area contributed by atoms with Crippen LogP contribution in [0.4, 0.5) is 0 Å². The van der Waals surface area contributed by atoms with E-state index in [1.54, 1.807) is 11.3 Å². The Hall–Kier alpha value is -0.910. The third-order valence-electron chi connectivity index (χ3n) is 2.72. The topological polar surface area (TPSA) is 49.6 Å². The molecule has 2 rings (SSSR count). The highest BCUT2D eigenvalue weighted by molar-refractivity contribution is 7.15. The van der Waals surface area contributed by atoms with E-state index in [0.717, 1.165) is 17.2 Å². The van der Waals surface area contributed by atoms with E-state index in [9.17, 15) is 0 Å². The summed E-state index contributed by atoms with van der Waals surface area (Å²) in [6.45, 7) is 6.98. The van der Waals surface area contributed by atoms with Crippen LogP contribution in [0.1, 0.15) is 24.0 Å². The average molecular weight is 239 g/mol. The van der Waals surface area contributed by atoms with Crippen LogP contribution in [0.15, 0.2) is 5.38 Å². The van der Waals surface area contributed by atoms with Gasteiger partial charge < -0.3 is 10.4 Å². The first-order valence-electron chi connectivity index (χ1n) is 5.39. The lowest BCUT2D eigenvalue weighted by molar-refractivity contribution is 0.250. The summed E-state index contributed by atoms with van der Waals surface area (Å²) >= 11 is 1.66. The van der Waals surface area contributed by atoms with Crippen molar-refractivity contribution in [1.29, 1.82) is 0 Å². The number of hydrogen-bond donors (Lipinski definition) is 2. The van der Waals surface area contributed by atoms with Crippen molar-refractivity contribution in [2.45, 2.75) is 33.4 Å². The predicted molar refractivity (Wildman–Crippen MR) is 65.9 cm³/mol. The molecule has 0 spiro atoms. The number of fused-ring (bicyclic) bond motifs is 1. The Labute approximate surface area is 98.9 Å². The molecule has 16 heavy (non-hydrogen) atoms. The van der Waals surface area contributed by atoms with Crippen molar-refractivity contribution in [2.24, 2.45) is 0 Å². The molecule has 5 heteroatoms. The van der Waals surface area contributed by atoms with E-state index < -0.39 is 0 Å². The molecule has 0 bridgehead atoms. The van der Waals surface area contributed by atoms with Gasteiger partial charge in [-0.05, 0) is 20.8 Å². The van der Waals surface area contributed by atoms with Gasteiger partial charge in [0.2, 0.25) is 0 Å². The van der Waals surface area contributed by atoms with Crippen LogP contribution in [0, 0.1) is 13.8 Å². The van der Waals surface area contributed by atoms with E-state index in [1.165, 1.54) is 11.4 Å². The lowest BCUT2D eigenvalue weighted by Crippen LogP contribution is -2.29. The monoisotopic (exact) mass is 239 g/mol. The van der Waals surface area contributed by atoms with Gasteiger partial charge in [-0.15, -0.1) is 11.3 Å². The molecule has 2 aromatic heterocycles. The van der Waals surface area contributed by atoms with Crippen LogP contribution < -0.4 is 5.32 Å². The minimum atomic E-state index is 0.115. The number of nitrogens with one attached hydrogen (secondary N) is 1. The molecule has 2 aromatic rings. The molecule has 0 aliphatic carbocycles. The van der Waals surface area contributed by atoms with Crippen LogP contribution in [0.3, 0.4) is 0 Å². The fraction of sp³-hybridized carbons (Fsp3) is 0.545. The summed E-state index contributed by atoms with van der Waals surface area (Å²) in [5.74, 6) is 0. The molecule has 0 aliphatic rings. The van der Waals surface area contributed by atoms with Crippen LogP contribution in [0.5, 0.6) is 0 Å². The van der Waals surface area contributed by atoms with E-state index in [0.29, 0.717) is 0 Å². The maximum absolute atomic E-state index is 8.98. The number of aliphatic hydroxyl groups excluding tert-OH is 1. The number of hydrogen-bond acceptors (Lipinski definition) is 4. The Morgan fingerprint density at radius 2 is 2.31 bits per heavy atom. The lowest BCUT2D eigenvalue weighted by atomic mass is 10.3. The standard InChI is InChI=1S/C11H17N3OS/c1-7(5-15)12-4-10-9(3)13-11-14(10)8(2)6-16-11/h6-7,12,15H,4-5H2,1-3H3. The predicted octanol–water partition coefficient (Wildman–Crippen LogP) is 1.48. The second-order valence-corrected chi connectivity index (χ2v) is 4.94. The quantitative estimate of drug-likeness (QED) is 0.849. The molecule has 4 nitrogen and oxygen atoms in total. The summed E-state index contributed by atoms with van der Waals surface area (Å²) in [7, 11) is 0.